The number of allylic oxidation sites excluding steroid dienone is 1. The lowest BCUT2D eigenvalue weighted by Crippen LogP contribution is -2.38. The number of rotatable bonds is 1. The minimum absolute atomic E-state index is 0.121. The summed E-state index contributed by atoms with van der Waals surface area (Å²) in [6.07, 6.45) is 2.20. The van der Waals surface area contributed by atoms with E-state index in [1.807, 2.05) is 0 Å². The molecule has 1 rings (SSSR count). The van der Waals surface area contributed by atoms with E-state index in [1.54, 1.807) is 0 Å². The molecule has 0 aromatic rings. The number of nitro groups is 1. The molecule has 0 fully saturated rings. The van der Waals surface area contributed by atoms with E-state index < -0.39 is 9.92 Å². The minimum atomic E-state index is -1.35. The summed E-state index contributed by atoms with van der Waals surface area (Å²) in [5.74, 6) is 0. The van der Waals surface area contributed by atoms with Gasteiger partial charge in [0.1, 0.15) is 5.00 Å². The van der Waals surface area contributed by atoms with Crippen molar-refractivity contribution >= 4 is 11.6 Å². The highest BCUT2D eigenvalue weighted by Gasteiger charge is 2.33. The first-order valence-corrected chi connectivity index (χ1v) is 3.94. The lowest BCUT2D eigenvalue weighted by Gasteiger charge is -2.42. The molecule has 0 saturated heterocycles. The number of hydrogen-bond donors (Lipinski definition) is 0. The lowest BCUT2D eigenvalue weighted by molar-refractivity contribution is -0.421. The van der Waals surface area contributed by atoms with Gasteiger partial charge in [0.15, 0.2) is 0 Å². The molecule has 0 radical (unpaired) electrons. The highest BCUT2D eigenvalue weighted by molar-refractivity contribution is 6.25. The molecule has 1 aliphatic rings. The molecule has 0 N–H and O–H groups in total. The normalized spacial score (nSPS) is 28.2. The van der Waals surface area contributed by atoms with Gasteiger partial charge in [-0.3, -0.25) is 10.1 Å². The molecule has 0 bridgehead atoms. The van der Waals surface area contributed by atoms with E-state index in [2.05, 4.69) is 0 Å². The molecule has 1 unspecified atom stereocenters. The molecule has 0 saturated carbocycles. The molecule has 1 atom stereocenters. The van der Waals surface area contributed by atoms with Crippen LogP contribution in [-0.4, -0.2) is 15.0 Å². The van der Waals surface area contributed by atoms with Gasteiger partial charge in [0.2, 0.25) is 0 Å². The van der Waals surface area contributed by atoms with Crippen molar-refractivity contribution in [1.29, 1.82) is 0 Å². The molecule has 72 valence electrons. The fourth-order valence-electron chi connectivity index (χ4n) is 1.00. The maximum absolute atomic E-state index is 11.1. The second-order valence-corrected chi connectivity index (χ2v) is 3.60. The number of hydrogen-bond acceptors (Lipinski definition) is 4. The van der Waals surface area contributed by atoms with Gasteiger partial charge in [0.05, 0.1) is 4.92 Å². The van der Waals surface area contributed by atoms with Crippen LogP contribution in [0.15, 0.2) is 23.5 Å². The van der Waals surface area contributed by atoms with Gasteiger partial charge in [-0.15, -0.1) is 0 Å². The van der Waals surface area contributed by atoms with Gasteiger partial charge < -0.3 is 10.3 Å². The smallest absolute Gasteiger partial charge is 0.273 e. The second kappa shape index (κ2) is 3.01. The Hall–Kier alpha value is -1.07. The van der Waals surface area contributed by atoms with Crippen molar-refractivity contribution < 1.29 is 4.92 Å². The highest BCUT2D eigenvalue weighted by atomic mass is 35.5. The molecule has 6 heteroatoms. The monoisotopic (exact) mass is 203 g/mol. The van der Waals surface area contributed by atoms with Crippen LogP contribution < -0.4 is 0 Å². The average Bonchev–Trinajstić information content (AvgIpc) is 2.01. The molecule has 1 aliphatic heterocycles. The Morgan fingerprint density at radius 3 is 2.69 bits per heavy atom. The first-order valence-electron chi connectivity index (χ1n) is 3.56. The fourth-order valence-corrected chi connectivity index (χ4v) is 1.15. The van der Waals surface area contributed by atoms with Crippen LogP contribution in [0.5, 0.6) is 0 Å². The van der Waals surface area contributed by atoms with Crippen molar-refractivity contribution in [2.75, 3.05) is 0 Å². The molecule has 0 aromatic heterocycles. The maximum Gasteiger partial charge on any atom is 0.273 e. The topological polar surface area (TPSA) is 69.4 Å². The Balaban J connectivity index is 3.19. The van der Waals surface area contributed by atoms with Gasteiger partial charge in [-0.05, 0) is 20.0 Å². The first-order chi connectivity index (χ1) is 5.87. The van der Waals surface area contributed by atoms with E-state index in [0.29, 0.717) is 5.06 Å². The third kappa shape index (κ3) is 1.52. The highest BCUT2D eigenvalue weighted by Crippen LogP contribution is 2.34. The van der Waals surface area contributed by atoms with Crippen LogP contribution in [0.2, 0.25) is 0 Å². The second-order valence-electron chi connectivity index (χ2n) is 2.86. The molecule has 0 aromatic carbocycles. The van der Waals surface area contributed by atoms with Gasteiger partial charge in [-0.1, -0.05) is 11.6 Å². The molecule has 13 heavy (non-hydrogen) atoms. The van der Waals surface area contributed by atoms with E-state index in [0.717, 1.165) is 12.3 Å². The Labute approximate surface area is 80.0 Å². The zero-order valence-corrected chi connectivity index (χ0v) is 7.91. The van der Waals surface area contributed by atoms with Crippen LogP contribution in [0.3, 0.4) is 0 Å². The fraction of sp³-hybridized carbons (Fsp3) is 0.429. The maximum atomic E-state index is 11.1. The van der Waals surface area contributed by atoms with E-state index >= 15 is 0 Å². The molecule has 5 nitrogen and oxygen atoms in total. The van der Waals surface area contributed by atoms with Crippen LogP contribution in [0.25, 0.3) is 0 Å². The largest absolute Gasteiger partial charge is 0.757 e. The molecular formula is C7H8ClN2O3-. The van der Waals surface area contributed by atoms with Crippen LogP contribution in [0.4, 0.5) is 0 Å². The standard InChI is InChI=1S/C7H8ClN2O3/c1-5-6(10(12)13)3-4-9(11)7(5,2)8/h3-4H,1-2H3/q-1. The zero-order chi connectivity index (χ0) is 10.2. The van der Waals surface area contributed by atoms with E-state index in [9.17, 15) is 15.3 Å². The number of nitrogens with zero attached hydrogens (tertiary/aromatic N) is 2. The van der Waals surface area contributed by atoms with Crippen molar-refractivity contribution in [3.63, 3.8) is 0 Å². The van der Waals surface area contributed by atoms with Crippen molar-refractivity contribution in [2.24, 2.45) is 0 Å². The van der Waals surface area contributed by atoms with Gasteiger partial charge in [0.25, 0.3) is 5.70 Å². The van der Waals surface area contributed by atoms with E-state index in [4.69, 9.17) is 11.6 Å². The van der Waals surface area contributed by atoms with Crippen molar-refractivity contribution in [2.45, 2.75) is 18.8 Å². The Kier molecular flexibility index (Phi) is 2.32. The molecule has 0 spiro atoms. The zero-order valence-electron chi connectivity index (χ0n) is 7.15. The van der Waals surface area contributed by atoms with Gasteiger partial charge in [0, 0.05) is 11.6 Å². The number of alkyl halides is 1. The van der Waals surface area contributed by atoms with Gasteiger partial charge >= 0.3 is 0 Å². The van der Waals surface area contributed by atoms with Gasteiger partial charge in [-0.25, -0.2) is 0 Å². The minimum Gasteiger partial charge on any atom is -0.757 e. The Morgan fingerprint density at radius 2 is 2.23 bits per heavy atom. The van der Waals surface area contributed by atoms with Gasteiger partial charge in [-0.2, -0.15) is 0 Å². The number of halogens is 1. The van der Waals surface area contributed by atoms with Crippen molar-refractivity contribution in [3.8, 4) is 0 Å². The predicted octanol–water partition coefficient (Wildman–Crippen LogP) is 1.82. The summed E-state index contributed by atoms with van der Waals surface area (Å²) in [7, 11) is 0. The van der Waals surface area contributed by atoms with Crippen LogP contribution >= 0.6 is 11.6 Å². The number of hydroxylamine groups is 2. The summed E-state index contributed by atoms with van der Waals surface area (Å²) in [4.78, 5) is 8.57. The summed E-state index contributed by atoms with van der Waals surface area (Å²) in [6, 6.07) is 0. The van der Waals surface area contributed by atoms with E-state index in [1.165, 1.54) is 13.8 Å². The summed E-state index contributed by atoms with van der Waals surface area (Å²) >= 11 is 5.81. The Morgan fingerprint density at radius 1 is 1.69 bits per heavy atom. The summed E-state index contributed by atoms with van der Waals surface area (Å²) < 4.78 is 0. The van der Waals surface area contributed by atoms with Crippen LogP contribution in [0.1, 0.15) is 13.8 Å². The molecular weight excluding hydrogens is 196 g/mol. The van der Waals surface area contributed by atoms with Crippen LogP contribution in [-0.2, 0) is 0 Å². The molecule has 1 heterocycles. The SMILES string of the molecule is CC1=C([N+](=O)[O-])C=CN([O-])C1(C)Cl. The quantitative estimate of drug-likeness (QED) is 0.282. The summed E-state index contributed by atoms with van der Waals surface area (Å²) in [5.41, 5.74) is 0.126. The average molecular weight is 204 g/mol. The molecule has 0 aliphatic carbocycles. The predicted molar refractivity (Wildman–Crippen MR) is 48.3 cm³/mol. The first kappa shape index (κ1) is 10.0. The van der Waals surface area contributed by atoms with Crippen LogP contribution in [0, 0.1) is 15.3 Å². The van der Waals surface area contributed by atoms with Crippen molar-refractivity contribution in [3.05, 3.63) is 38.9 Å². The molecule has 0 amide bonds. The third-order valence-electron chi connectivity index (χ3n) is 2.05. The Bertz CT molecular complexity index is 309. The lowest BCUT2D eigenvalue weighted by atomic mass is 10.1. The van der Waals surface area contributed by atoms with Crippen molar-refractivity contribution in [1.82, 2.24) is 5.06 Å². The third-order valence-corrected chi connectivity index (χ3v) is 2.50. The summed E-state index contributed by atoms with van der Waals surface area (Å²) in [6.45, 7) is 2.89. The summed E-state index contributed by atoms with van der Waals surface area (Å²) in [5, 5.41) is 22.1. The van der Waals surface area contributed by atoms with E-state index in [-0.39, 0.29) is 11.3 Å².